The number of morpholine rings is 1. The summed E-state index contributed by atoms with van der Waals surface area (Å²) in [6, 6.07) is 8.08. The van der Waals surface area contributed by atoms with Crippen LogP contribution in [0.1, 0.15) is 28.5 Å². The first-order chi connectivity index (χ1) is 10.0. The maximum absolute atomic E-state index is 12.7. The second kappa shape index (κ2) is 5.45. The Balaban J connectivity index is 1.98. The van der Waals surface area contributed by atoms with Gasteiger partial charge in [0.05, 0.1) is 29.5 Å². The van der Waals surface area contributed by atoms with E-state index in [1.165, 1.54) is 5.56 Å². The number of carbonyl (C=O) groups is 1. The molecule has 0 bridgehead atoms. The first kappa shape index (κ1) is 14.0. The van der Waals surface area contributed by atoms with Crippen LogP contribution in [0.25, 0.3) is 10.9 Å². The van der Waals surface area contributed by atoms with Crippen molar-refractivity contribution in [2.24, 2.45) is 0 Å². The Morgan fingerprint density at radius 1 is 1.33 bits per heavy atom. The van der Waals surface area contributed by atoms with Gasteiger partial charge in [-0.15, -0.1) is 0 Å². The molecule has 0 radical (unpaired) electrons. The Morgan fingerprint density at radius 2 is 2.14 bits per heavy atom. The largest absolute Gasteiger partial charge is 0.375 e. The summed E-state index contributed by atoms with van der Waals surface area (Å²) in [5.41, 5.74) is 3.59. The fraction of sp³-hybridized carbons (Fsp3) is 0.412. The molecule has 3 rings (SSSR count). The van der Waals surface area contributed by atoms with Gasteiger partial charge in [-0.25, -0.2) is 0 Å². The van der Waals surface area contributed by atoms with E-state index in [-0.39, 0.29) is 12.0 Å². The quantitative estimate of drug-likeness (QED) is 0.808. The monoisotopic (exact) mass is 284 g/mol. The highest BCUT2D eigenvalue weighted by atomic mass is 16.5. The molecule has 0 spiro atoms. The number of fused-ring (bicyclic) bond motifs is 1. The minimum Gasteiger partial charge on any atom is -0.375 e. The van der Waals surface area contributed by atoms with Crippen molar-refractivity contribution in [3.05, 3.63) is 41.1 Å². The Morgan fingerprint density at radius 3 is 2.90 bits per heavy atom. The van der Waals surface area contributed by atoms with Crippen molar-refractivity contribution in [1.82, 2.24) is 9.88 Å². The standard InChI is InChI=1S/C17H20N2O2/c1-11-4-5-16-14(8-11)9-15(13(3)18-16)17(20)19-6-7-21-12(2)10-19/h4-5,8-9,12H,6-7,10H2,1-3H3. The lowest BCUT2D eigenvalue weighted by Crippen LogP contribution is -2.44. The van der Waals surface area contributed by atoms with Gasteiger partial charge < -0.3 is 9.64 Å². The number of aromatic nitrogens is 1. The molecular weight excluding hydrogens is 264 g/mol. The number of aryl methyl sites for hydroxylation is 2. The fourth-order valence-electron chi connectivity index (χ4n) is 2.78. The van der Waals surface area contributed by atoms with Crippen LogP contribution in [0.2, 0.25) is 0 Å². The molecule has 21 heavy (non-hydrogen) atoms. The van der Waals surface area contributed by atoms with E-state index in [2.05, 4.69) is 11.1 Å². The number of amides is 1. The Hall–Kier alpha value is -1.94. The molecule has 1 aromatic heterocycles. The normalized spacial score (nSPS) is 19.0. The molecule has 1 aliphatic heterocycles. The van der Waals surface area contributed by atoms with Gasteiger partial charge in [0.15, 0.2) is 0 Å². The third-order valence-corrected chi connectivity index (χ3v) is 3.92. The summed E-state index contributed by atoms with van der Waals surface area (Å²) in [5.74, 6) is 0.0542. The molecule has 1 fully saturated rings. The van der Waals surface area contributed by atoms with Crippen LogP contribution in [0.3, 0.4) is 0 Å². The summed E-state index contributed by atoms with van der Waals surface area (Å²) in [6.45, 7) is 7.83. The van der Waals surface area contributed by atoms with Crippen LogP contribution >= 0.6 is 0 Å². The van der Waals surface area contributed by atoms with Crippen LogP contribution in [0.5, 0.6) is 0 Å². The highest BCUT2D eigenvalue weighted by Crippen LogP contribution is 2.20. The summed E-state index contributed by atoms with van der Waals surface area (Å²) in [6.07, 6.45) is 0.0960. The van der Waals surface area contributed by atoms with E-state index in [1.807, 2.05) is 43.9 Å². The molecule has 1 unspecified atom stereocenters. The van der Waals surface area contributed by atoms with Gasteiger partial charge in [0.25, 0.3) is 5.91 Å². The van der Waals surface area contributed by atoms with Crippen LogP contribution in [-0.4, -0.2) is 41.6 Å². The molecular formula is C17H20N2O2. The molecule has 1 amide bonds. The molecule has 1 aromatic carbocycles. The van der Waals surface area contributed by atoms with Crippen LogP contribution in [-0.2, 0) is 4.74 Å². The van der Waals surface area contributed by atoms with E-state index in [0.29, 0.717) is 25.3 Å². The first-order valence-corrected chi connectivity index (χ1v) is 7.33. The highest BCUT2D eigenvalue weighted by Gasteiger charge is 2.24. The second-order valence-electron chi connectivity index (χ2n) is 5.75. The zero-order valence-electron chi connectivity index (χ0n) is 12.7. The molecule has 4 nitrogen and oxygen atoms in total. The summed E-state index contributed by atoms with van der Waals surface area (Å²) in [5, 5.41) is 1.02. The van der Waals surface area contributed by atoms with Crippen molar-refractivity contribution in [2.45, 2.75) is 26.9 Å². The predicted octanol–water partition coefficient (Wildman–Crippen LogP) is 2.71. The van der Waals surface area contributed by atoms with Gasteiger partial charge in [0.1, 0.15) is 0 Å². The fourth-order valence-corrected chi connectivity index (χ4v) is 2.78. The minimum absolute atomic E-state index is 0.0542. The van der Waals surface area contributed by atoms with Gasteiger partial charge in [-0.2, -0.15) is 0 Å². The van der Waals surface area contributed by atoms with Crippen LogP contribution in [0.15, 0.2) is 24.3 Å². The predicted molar refractivity (Wildman–Crippen MR) is 82.5 cm³/mol. The lowest BCUT2D eigenvalue weighted by Gasteiger charge is -2.31. The lowest BCUT2D eigenvalue weighted by atomic mass is 10.1. The second-order valence-corrected chi connectivity index (χ2v) is 5.75. The number of hydrogen-bond acceptors (Lipinski definition) is 3. The Bertz CT molecular complexity index is 696. The number of nitrogens with zero attached hydrogens (tertiary/aromatic N) is 2. The molecule has 4 heteroatoms. The van der Waals surface area contributed by atoms with Gasteiger partial charge in [-0.3, -0.25) is 9.78 Å². The number of rotatable bonds is 1. The molecule has 1 aliphatic rings. The molecule has 0 N–H and O–H groups in total. The Labute approximate surface area is 124 Å². The topological polar surface area (TPSA) is 42.4 Å². The third kappa shape index (κ3) is 2.76. The molecule has 110 valence electrons. The minimum atomic E-state index is 0.0542. The van der Waals surface area contributed by atoms with E-state index in [0.717, 1.165) is 16.6 Å². The van der Waals surface area contributed by atoms with Crippen molar-refractivity contribution in [3.63, 3.8) is 0 Å². The van der Waals surface area contributed by atoms with Crippen molar-refractivity contribution in [2.75, 3.05) is 19.7 Å². The average Bonchev–Trinajstić information content (AvgIpc) is 2.46. The smallest absolute Gasteiger partial charge is 0.255 e. The van der Waals surface area contributed by atoms with E-state index in [4.69, 9.17) is 4.74 Å². The molecule has 1 atom stereocenters. The number of benzene rings is 1. The van der Waals surface area contributed by atoms with Gasteiger partial charge in [-0.1, -0.05) is 11.6 Å². The van der Waals surface area contributed by atoms with E-state index in [9.17, 15) is 4.79 Å². The van der Waals surface area contributed by atoms with Crippen molar-refractivity contribution >= 4 is 16.8 Å². The van der Waals surface area contributed by atoms with Crippen molar-refractivity contribution in [1.29, 1.82) is 0 Å². The summed E-state index contributed by atoms with van der Waals surface area (Å²) < 4.78 is 5.50. The van der Waals surface area contributed by atoms with Gasteiger partial charge in [0, 0.05) is 18.5 Å². The van der Waals surface area contributed by atoms with Gasteiger partial charge in [0.2, 0.25) is 0 Å². The lowest BCUT2D eigenvalue weighted by molar-refractivity contribution is -0.0124. The van der Waals surface area contributed by atoms with Crippen LogP contribution in [0.4, 0.5) is 0 Å². The van der Waals surface area contributed by atoms with E-state index in [1.54, 1.807) is 0 Å². The third-order valence-electron chi connectivity index (χ3n) is 3.92. The number of carbonyl (C=O) groups excluding carboxylic acids is 1. The first-order valence-electron chi connectivity index (χ1n) is 7.33. The molecule has 0 saturated carbocycles. The summed E-state index contributed by atoms with van der Waals surface area (Å²) in [4.78, 5) is 19.2. The maximum atomic E-state index is 12.7. The molecule has 2 aromatic rings. The van der Waals surface area contributed by atoms with Gasteiger partial charge >= 0.3 is 0 Å². The van der Waals surface area contributed by atoms with Crippen LogP contribution < -0.4 is 0 Å². The zero-order chi connectivity index (χ0) is 15.0. The number of hydrogen-bond donors (Lipinski definition) is 0. The van der Waals surface area contributed by atoms with Crippen molar-refractivity contribution in [3.8, 4) is 0 Å². The molecule has 0 aliphatic carbocycles. The zero-order valence-corrected chi connectivity index (χ0v) is 12.7. The summed E-state index contributed by atoms with van der Waals surface area (Å²) in [7, 11) is 0. The van der Waals surface area contributed by atoms with Gasteiger partial charge in [-0.05, 0) is 39.0 Å². The number of pyridine rings is 1. The van der Waals surface area contributed by atoms with E-state index >= 15 is 0 Å². The van der Waals surface area contributed by atoms with Crippen molar-refractivity contribution < 1.29 is 9.53 Å². The molecule has 2 heterocycles. The van der Waals surface area contributed by atoms with E-state index < -0.39 is 0 Å². The van der Waals surface area contributed by atoms with Crippen LogP contribution in [0, 0.1) is 13.8 Å². The summed E-state index contributed by atoms with van der Waals surface area (Å²) >= 11 is 0. The molecule has 1 saturated heterocycles. The highest BCUT2D eigenvalue weighted by molar-refractivity contribution is 5.98. The average molecular weight is 284 g/mol. The number of ether oxygens (including phenoxy) is 1. The Kier molecular flexibility index (Phi) is 3.64. The SMILES string of the molecule is Cc1ccc2nc(C)c(C(=O)N3CCOC(C)C3)cc2c1. The maximum Gasteiger partial charge on any atom is 0.255 e.